The molecule has 0 bridgehead atoms. The third-order valence-corrected chi connectivity index (χ3v) is 8.69. The van der Waals surface area contributed by atoms with Crippen LogP contribution in [0.15, 0.2) is 78.1 Å². The first kappa shape index (κ1) is 25.2. The lowest BCUT2D eigenvalue weighted by Crippen LogP contribution is -2.51. The van der Waals surface area contributed by atoms with Crippen LogP contribution in [-0.4, -0.2) is 28.5 Å². The highest BCUT2D eigenvalue weighted by atomic mass is 16.2. The fraction of sp³-hybridized carbons (Fsp3) is 0.406. The quantitative estimate of drug-likeness (QED) is 0.417. The van der Waals surface area contributed by atoms with Gasteiger partial charge >= 0.3 is 0 Å². The predicted molar refractivity (Wildman–Crippen MR) is 147 cm³/mol. The number of nitrogens with one attached hydrogen (secondary N) is 2. The van der Waals surface area contributed by atoms with Crippen molar-refractivity contribution >= 4 is 28.4 Å². The van der Waals surface area contributed by atoms with Crippen LogP contribution >= 0.6 is 0 Å². The molecule has 37 heavy (non-hydrogen) atoms. The van der Waals surface area contributed by atoms with Crippen molar-refractivity contribution in [2.75, 3.05) is 0 Å². The maximum Gasteiger partial charge on any atom is 0.235 e. The van der Waals surface area contributed by atoms with Crippen LogP contribution < -0.4 is 5.32 Å². The van der Waals surface area contributed by atoms with Crippen molar-refractivity contribution in [3.05, 3.63) is 83.6 Å². The number of hydrogen-bond acceptors (Lipinski definition) is 3. The number of benzene rings is 1. The van der Waals surface area contributed by atoms with Crippen LogP contribution in [0.2, 0.25) is 0 Å². The van der Waals surface area contributed by atoms with E-state index in [0.29, 0.717) is 6.42 Å². The summed E-state index contributed by atoms with van der Waals surface area (Å²) in [6.07, 6.45) is 14.8. The molecular weight excluding hydrogens is 460 g/mol. The van der Waals surface area contributed by atoms with E-state index in [1.807, 2.05) is 31.3 Å². The van der Waals surface area contributed by atoms with E-state index in [4.69, 9.17) is 0 Å². The van der Waals surface area contributed by atoms with E-state index < -0.39 is 5.41 Å². The molecule has 3 aliphatic rings. The van der Waals surface area contributed by atoms with E-state index in [-0.39, 0.29) is 53.6 Å². The third-order valence-electron chi connectivity index (χ3n) is 8.69. The monoisotopic (exact) mass is 496 g/mol. The van der Waals surface area contributed by atoms with Crippen molar-refractivity contribution in [3.8, 4) is 0 Å². The van der Waals surface area contributed by atoms with Crippen LogP contribution in [0.3, 0.4) is 0 Å². The molecule has 0 unspecified atom stereocenters. The van der Waals surface area contributed by atoms with Crippen LogP contribution in [0.1, 0.15) is 46.1 Å². The molecule has 2 aliphatic carbocycles. The number of para-hydroxylation sites is 1. The first-order valence-electron chi connectivity index (χ1n) is 13.3. The van der Waals surface area contributed by atoms with Gasteiger partial charge in [-0.25, -0.2) is 0 Å². The number of ketones is 2. The number of fused-ring (bicyclic) bond motifs is 1. The summed E-state index contributed by atoms with van der Waals surface area (Å²) in [6, 6.07) is 7.95. The van der Waals surface area contributed by atoms with Crippen molar-refractivity contribution in [1.29, 1.82) is 0 Å². The molecule has 5 nitrogen and oxygen atoms in total. The Bertz CT molecular complexity index is 1370. The fourth-order valence-electron chi connectivity index (χ4n) is 6.87. The van der Waals surface area contributed by atoms with E-state index in [0.717, 1.165) is 28.5 Å². The second-order valence-electron chi connectivity index (χ2n) is 11.3. The number of aromatic amines is 1. The summed E-state index contributed by atoms with van der Waals surface area (Å²) in [7, 11) is 0. The summed E-state index contributed by atoms with van der Waals surface area (Å²) in [6.45, 7) is 8.31. The molecule has 6 atom stereocenters. The molecule has 1 aliphatic heterocycles. The van der Waals surface area contributed by atoms with Crippen LogP contribution in [0.4, 0.5) is 0 Å². The first-order valence-corrected chi connectivity index (χ1v) is 13.3. The largest absolute Gasteiger partial charge is 0.361 e. The van der Waals surface area contributed by atoms with E-state index in [1.54, 1.807) is 0 Å². The smallest absolute Gasteiger partial charge is 0.235 e. The van der Waals surface area contributed by atoms with Gasteiger partial charge in [0.15, 0.2) is 11.6 Å². The molecule has 1 aromatic carbocycles. The maximum atomic E-state index is 14.1. The second kappa shape index (κ2) is 9.77. The second-order valence-corrected chi connectivity index (χ2v) is 11.3. The van der Waals surface area contributed by atoms with Crippen LogP contribution in [0, 0.1) is 29.1 Å². The number of rotatable bonds is 2. The van der Waals surface area contributed by atoms with Gasteiger partial charge < -0.3 is 10.3 Å². The molecule has 1 fully saturated rings. The first-order chi connectivity index (χ1) is 17.7. The molecule has 0 saturated carbocycles. The zero-order valence-corrected chi connectivity index (χ0v) is 22.1. The molecule has 1 amide bonds. The molecule has 2 N–H and O–H groups in total. The molecular formula is C32H36N2O3. The molecule has 5 rings (SSSR count). The highest BCUT2D eigenvalue weighted by Crippen LogP contribution is 2.54. The zero-order chi connectivity index (χ0) is 26.3. The highest BCUT2D eigenvalue weighted by Gasteiger charge is 2.64. The molecule has 1 saturated heterocycles. The number of aromatic nitrogens is 1. The van der Waals surface area contributed by atoms with Gasteiger partial charge in [-0.2, -0.15) is 0 Å². The Balaban J connectivity index is 1.60. The van der Waals surface area contributed by atoms with Crippen LogP contribution in [0.25, 0.3) is 10.9 Å². The summed E-state index contributed by atoms with van der Waals surface area (Å²) in [4.78, 5) is 44.1. The summed E-state index contributed by atoms with van der Waals surface area (Å²) in [5.74, 6) is -0.928. The van der Waals surface area contributed by atoms with Gasteiger partial charge in [0.25, 0.3) is 0 Å². The Hall–Kier alpha value is -3.47. The third kappa shape index (κ3) is 4.35. The number of carbonyl (C=O) groups excluding carboxylic acids is 3. The number of allylic oxidation sites excluding steroid dienone is 8. The Morgan fingerprint density at radius 3 is 2.62 bits per heavy atom. The topological polar surface area (TPSA) is 79.0 Å². The molecule has 2 heterocycles. The average Bonchev–Trinajstić information content (AvgIpc) is 3.39. The molecule has 1 spiro atoms. The Morgan fingerprint density at radius 1 is 1.03 bits per heavy atom. The SMILES string of the molecule is CC1=C[C@@H]2/C=C/C[C@H](C)/C=C(\C)CC(=O)/C=C/C(=O)[C@]23C(=O)N[C@@H](Cc2c[nH]c4ccccc24)[C@@H]3[C@@H]1C. The minimum atomic E-state index is -1.28. The van der Waals surface area contributed by atoms with Gasteiger partial charge in [0.05, 0.1) is 0 Å². The fourth-order valence-corrected chi connectivity index (χ4v) is 6.87. The van der Waals surface area contributed by atoms with Gasteiger partial charge in [-0.15, -0.1) is 0 Å². The summed E-state index contributed by atoms with van der Waals surface area (Å²) >= 11 is 0. The summed E-state index contributed by atoms with van der Waals surface area (Å²) in [5, 5.41) is 4.38. The molecule has 1 aromatic heterocycles. The van der Waals surface area contributed by atoms with Crippen molar-refractivity contribution in [2.45, 2.75) is 53.0 Å². The normalized spacial score (nSPS) is 35.7. The van der Waals surface area contributed by atoms with E-state index in [1.165, 1.54) is 17.7 Å². The molecule has 192 valence electrons. The summed E-state index contributed by atoms with van der Waals surface area (Å²) in [5.41, 5.74) is 3.10. The molecule has 0 radical (unpaired) electrons. The van der Waals surface area contributed by atoms with Gasteiger partial charge in [-0.1, -0.05) is 67.5 Å². The van der Waals surface area contributed by atoms with Crippen molar-refractivity contribution < 1.29 is 14.4 Å². The van der Waals surface area contributed by atoms with Gasteiger partial charge in [0, 0.05) is 41.4 Å². The summed E-state index contributed by atoms with van der Waals surface area (Å²) < 4.78 is 0. The lowest BCUT2D eigenvalue weighted by Gasteiger charge is -2.44. The van der Waals surface area contributed by atoms with Gasteiger partial charge in [0.1, 0.15) is 5.41 Å². The molecule has 2 aromatic rings. The van der Waals surface area contributed by atoms with Crippen molar-refractivity contribution in [1.82, 2.24) is 10.3 Å². The number of H-pyrrole nitrogens is 1. The number of hydrogen-bond donors (Lipinski definition) is 2. The van der Waals surface area contributed by atoms with Crippen LogP contribution in [-0.2, 0) is 20.8 Å². The van der Waals surface area contributed by atoms with E-state index in [9.17, 15) is 14.4 Å². The van der Waals surface area contributed by atoms with Crippen LogP contribution in [0.5, 0.6) is 0 Å². The van der Waals surface area contributed by atoms with Crippen molar-refractivity contribution in [2.24, 2.45) is 29.1 Å². The Labute approximate surface area is 218 Å². The Kier molecular flexibility index (Phi) is 6.65. The minimum absolute atomic E-state index is 0.0328. The Morgan fingerprint density at radius 2 is 1.81 bits per heavy atom. The van der Waals surface area contributed by atoms with Gasteiger partial charge in [-0.05, 0) is 62.3 Å². The molecule has 5 heteroatoms. The maximum absolute atomic E-state index is 14.1. The lowest BCUT2D eigenvalue weighted by molar-refractivity contribution is -0.142. The van der Waals surface area contributed by atoms with Gasteiger partial charge in [0.2, 0.25) is 5.91 Å². The van der Waals surface area contributed by atoms with E-state index in [2.05, 4.69) is 61.4 Å². The number of carbonyl (C=O) groups is 3. The zero-order valence-electron chi connectivity index (χ0n) is 22.1. The predicted octanol–water partition coefficient (Wildman–Crippen LogP) is 5.65. The van der Waals surface area contributed by atoms with Crippen molar-refractivity contribution in [3.63, 3.8) is 0 Å². The van der Waals surface area contributed by atoms with Gasteiger partial charge in [-0.3, -0.25) is 14.4 Å². The standard InChI is InChI=1S/C32H36N2O3/c1-19-8-7-9-24-16-21(3)22(4)30-28(17-23-18-33-27-11-6-5-10-26(23)27)34-31(37)32(24,30)29(36)13-12-25(35)15-20(2)14-19/h5-7,9-14,16,18-19,22,24,28,30,33H,8,15,17H2,1-4H3,(H,34,37)/b9-7+,13-12+,20-14+/t19-,22+,24-,28-,30-,32+/m0/s1. The average molecular weight is 497 g/mol. The highest BCUT2D eigenvalue weighted by molar-refractivity contribution is 6.15. The van der Waals surface area contributed by atoms with E-state index >= 15 is 0 Å². The lowest BCUT2D eigenvalue weighted by atomic mass is 9.55. The minimum Gasteiger partial charge on any atom is -0.361 e. The number of amides is 1.